The van der Waals surface area contributed by atoms with Crippen LogP contribution in [0, 0.1) is 5.92 Å². The van der Waals surface area contributed by atoms with Crippen molar-refractivity contribution >= 4 is 5.96 Å². The summed E-state index contributed by atoms with van der Waals surface area (Å²) in [6, 6.07) is 0. The van der Waals surface area contributed by atoms with Gasteiger partial charge >= 0.3 is 0 Å². The fourth-order valence-corrected chi connectivity index (χ4v) is 1.16. The third-order valence-electron chi connectivity index (χ3n) is 1.97. The fourth-order valence-electron chi connectivity index (χ4n) is 1.16. The second kappa shape index (κ2) is 10.7. The van der Waals surface area contributed by atoms with E-state index in [0.29, 0.717) is 25.0 Å². The first kappa shape index (κ1) is 15.2. The fraction of sp³-hybridized carbons (Fsp3) is 0.900. The quantitative estimate of drug-likeness (QED) is 0.176. The Bertz CT molecular complexity index is 188. The highest BCUT2D eigenvalue weighted by Crippen LogP contribution is 1.95. The Kier molecular flexibility index (Phi) is 10.1. The zero-order valence-corrected chi connectivity index (χ0v) is 10.5. The van der Waals surface area contributed by atoms with Crippen LogP contribution in [-0.4, -0.2) is 46.5 Å². The summed E-state index contributed by atoms with van der Waals surface area (Å²) >= 11 is 0. The molecule has 1 atom stereocenters. The Hall–Kier alpha value is -0.850. The van der Waals surface area contributed by atoms with Crippen molar-refractivity contribution in [1.82, 2.24) is 10.7 Å². The monoisotopic (exact) mass is 232 g/mol. The molecule has 0 fully saturated rings. The van der Waals surface area contributed by atoms with E-state index in [0.717, 1.165) is 19.6 Å². The van der Waals surface area contributed by atoms with Crippen LogP contribution in [0.3, 0.4) is 0 Å². The van der Waals surface area contributed by atoms with E-state index in [1.807, 2.05) is 0 Å². The van der Waals surface area contributed by atoms with Crippen LogP contribution < -0.4 is 16.6 Å². The molecule has 96 valence electrons. The van der Waals surface area contributed by atoms with Crippen LogP contribution in [0.4, 0.5) is 0 Å². The number of ether oxygens (including phenoxy) is 2. The molecule has 0 aliphatic rings. The molecule has 0 aromatic carbocycles. The van der Waals surface area contributed by atoms with Crippen LogP contribution >= 0.6 is 0 Å². The summed E-state index contributed by atoms with van der Waals surface area (Å²) in [6.45, 7) is 4.97. The van der Waals surface area contributed by atoms with Gasteiger partial charge in [0.1, 0.15) is 0 Å². The van der Waals surface area contributed by atoms with Gasteiger partial charge in [-0.05, 0) is 12.3 Å². The first-order chi connectivity index (χ1) is 7.74. The van der Waals surface area contributed by atoms with Crippen LogP contribution in [0.5, 0.6) is 0 Å². The van der Waals surface area contributed by atoms with E-state index in [1.54, 1.807) is 14.2 Å². The average Bonchev–Trinajstić information content (AvgIpc) is 2.28. The number of nitrogens with two attached hydrogens (primary N) is 1. The molecule has 0 amide bonds. The lowest BCUT2D eigenvalue weighted by molar-refractivity contribution is 0.163. The van der Waals surface area contributed by atoms with Gasteiger partial charge in [0.05, 0.1) is 6.61 Å². The molecule has 6 heteroatoms. The molecule has 16 heavy (non-hydrogen) atoms. The van der Waals surface area contributed by atoms with E-state index < -0.39 is 0 Å². The summed E-state index contributed by atoms with van der Waals surface area (Å²) in [5, 5.41) is 3.09. The van der Waals surface area contributed by atoms with Gasteiger partial charge in [0.15, 0.2) is 0 Å². The standard InChI is InChI=1S/C10H24N4O2/c1-9(8-16-3)7-13-10(14-11)12-5-4-6-15-2/h9H,4-8,11H2,1-3H3,(H2,12,13,14). The minimum atomic E-state index is 0.383. The lowest BCUT2D eigenvalue weighted by Gasteiger charge is -2.11. The molecule has 0 aromatic rings. The number of nitrogens with zero attached hydrogens (tertiary/aromatic N) is 1. The number of hydrogen-bond acceptors (Lipinski definition) is 4. The van der Waals surface area contributed by atoms with Crippen molar-refractivity contribution in [2.75, 3.05) is 40.5 Å². The van der Waals surface area contributed by atoms with Gasteiger partial charge in [0.2, 0.25) is 5.96 Å². The maximum absolute atomic E-state index is 5.34. The zero-order chi connectivity index (χ0) is 12.2. The maximum atomic E-state index is 5.34. The van der Waals surface area contributed by atoms with Gasteiger partial charge in [-0.25, -0.2) is 5.84 Å². The first-order valence-corrected chi connectivity index (χ1v) is 5.47. The number of hydrogen-bond donors (Lipinski definition) is 3. The van der Waals surface area contributed by atoms with Crippen molar-refractivity contribution in [3.05, 3.63) is 0 Å². The molecule has 0 heterocycles. The molecule has 6 nitrogen and oxygen atoms in total. The van der Waals surface area contributed by atoms with Gasteiger partial charge in [0.25, 0.3) is 0 Å². The second-order valence-electron chi connectivity index (χ2n) is 3.67. The van der Waals surface area contributed by atoms with Gasteiger partial charge in [-0.2, -0.15) is 0 Å². The molecule has 0 saturated heterocycles. The number of methoxy groups -OCH3 is 2. The van der Waals surface area contributed by atoms with E-state index in [2.05, 4.69) is 22.7 Å². The van der Waals surface area contributed by atoms with Crippen LogP contribution in [0.15, 0.2) is 4.99 Å². The summed E-state index contributed by atoms with van der Waals surface area (Å²) in [6.07, 6.45) is 0.921. The predicted octanol–water partition coefficient (Wildman–Crippen LogP) is -0.286. The van der Waals surface area contributed by atoms with Crippen molar-refractivity contribution in [2.24, 2.45) is 16.8 Å². The molecule has 0 aromatic heterocycles. The third-order valence-corrected chi connectivity index (χ3v) is 1.97. The normalized spacial score (nSPS) is 13.6. The number of hydrazine groups is 1. The average molecular weight is 232 g/mol. The summed E-state index contributed by atoms with van der Waals surface area (Å²) in [5.41, 5.74) is 2.53. The van der Waals surface area contributed by atoms with Crippen molar-refractivity contribution in [1.29, 1.82) is 0 Å². The van der Waals surface area contributed by atoms with E-state index in [4.69, 9.17) is 15.3 Å². The molecule has 0 rings (SSSR count). The lowest BCUT2D eigenvalue weighted by atomic mass is 10.2. The summed E-state index contributed by atoms with van der Waals surface area (Å²) < 4.78 is 9.96. The van der Waals surface area contributed by atoms with Crippen molar-refractivity contribution in [3.63, 3.8) is 0 Å². The molecule has 0 saturated carbocycles. The minimum absolute atomic E-state index is 0.383. The number of nitrogens with one attached hydrogen (secondary N) is 2. The molecule has 0 aliphatic carbocycles. The third kappa shape index (κ3) is 8.46. The highest BCUT2D eigenvalue weighted by molar-refractivity contribution is 5.79. The summed E-state index contributed by atoms with van der Waals surface area (Å²) in [7, 11) is 3.37. The van der Waals surface area contributed by atoms with Crippen molar-refractivity contribution in [3.8, 4) is 0 Å². The smallest absolute Gasteiger partial charge is 0.205 e. The number of aliphatic imine (C=N–C) groups is 1. The molecule has 1 unspecified atom stereocenters. The Balaban J connectivity index is 3.74. The highest BCUT2D eigenvalue weighted by atomic mass is 16.5. The predicted molar refractivity (Wildman–Crippen MR) is 65.2 cm³/mol. The summed E-state index contributed by atoms with van der Waals surface area (Å²) in [5.74, 6) is 6.34. The van der Waals surface area contributed by atoms with Gasteiger partial charge < -0.3 is 14.8 Å². The van der Waals surface area contributed by atoms with Crippen LogP contribution in [-0.2, 0) is 9.47 Å². The molecule has 0 radical (unpaired) electrons. The van der Waals surface area contributed by atoms with Crippen LogP contribution in [0.1, 0.15) is 13.3 Å². The molecule has 0 spiro atoms. The molecular weight excluding hydrogens is 208 g/mol. The molecule has 0 bridgehead atoms. The second-order valence-corrected chi connectivity index (χ2v) is 3.67. The van der Waals surface area contributed by atoms with E-state index in [-0.39, 0.29) is 0 Å². The van der Waals surface area contributed by atoms with Crippen LogP contribution in [0.2, 0.25) is 0 Å². The largest absolute Gasteiger partial charge is 0.385 e. The van der Waals surface area contributed by atoms with Crippen molar-refractivity contribution in [2.45, 2.75) is 13.3 Å². The maximum Gasteiger partial charge on any atom is 0.205 e. The number of guanidine groups is 1. The Morgan fingerprint density at radius 2 is 2.12 bits per heavy atom. The van der Waals surface area contributed by atoms with Gasteiger partial charge in [-0.3, -0.25) is 10.4 Å². The minimum Gasteiger partial charge on any atom is -0.385 e. The molecule has 0 aliphatic heterocycles. The Labute approximate surface area is 97.6 Å². The highest BCUT2D eigenvalue weighted by Gasteiger charge is 2.01. The van der Waals surface area contributed by atoms with Gasteiger partial charge in [-0.15, -0.1) is 0 Å². The van der Waals surface area contributed by atoms with Crippen LogP contribution in [0.25, 0.3) is 0 Å². The summed E-state index contributed by atoms with van der Waals surface area (Å²) in [4.78, 5) is 4.31. The van der Waals surface area contributed by atoms with E-state index in [1.165, 1.54) is 0 Å². The number of rotatable bonds is 8. The van der Waals surface area contributed by atoms with Gasteiger partial charge in [0, 0.05) is 33.9 Å². The Morgan fingerprint density at radius 3 is 2.69 bits per heavy atom. The van der Waals surface area contributed by atoms with E-state index >= 15 is 0 Å². The Morgan fingerprint density at radius 1 is 1.38 bits per heavy atom. The SMILES string of the molecule is COCCCNC(=NCC(C)COC)NN. The van der Waals surface area contributed by atoms with Gasteiger partial charge in [-0.1, -0.05) is 6.92 Å². The first-order valence-electron chi connectivity index (χ1n) is 5.47. The molecular formula is C10H24N4O2. The van der Waals surface area contributed by atoms with Crippen molar-refractivity contribution < 1.29 is 9.47 Å². The topological polar surface area (TPSA) is 80.9 Å². The molecule has 4 N–H and O–H groups in total. The zero-order valence-electron chi connectivity index (χ0n) is 10.5. The lowest BCUT2D eigenvalue weighted by Crippen LogP contribution is -2.42. The van der Waals surface area contributed by atoms with E-state index in [9.17, 15) is 0 Å².